The quantitative estimate of drug-likeness (QED) is 0.148. The summed E-state index contributed by atoms with van der Waals surface area (Å²) in [6.45, 7) is 0.177. The van der Waals surface area contributed by atoms with Crippen molar-refractivity contribution >= 4 is 50.6 Å². The number of halogens is 1. The number of rotatable bonds is 9. The number of benzene rings is 4. The van der Waals surface area contributed by atoms with E-state index in [1.807, 2.05) is 54.6 Å². The second kappa shape index (κ2) is 12.2. The van der Waals surface area contributed by atoms with Gasteiger partial charge in [0.2, 0.25) is 5.91 Å². The summed E-state index contributed by atoms with van der Waals surface area (Å²) in [5.74, 6) is 0.952. The maximum Gasteiger partial charge on any atom is 0.250 e. The van der Waals surface area contributed by atoms with E-state index in [1.165, 1.54) is 18.0 Å². The summed E-state index contributed by atoms with van der Waals surface area (Å²) in [5.41, 5.74) is 4.49. The number of fused-ring (bicyclic) bond motifs is 1. The molecule has 0 saturated heterocycles. The summed E-state index contributed by atoms with van der Waals surface area (Å²) >= 11 is 4.93. The van der Waals surface area contributed by atoms with Gasteiger partial charge in [-0.2, -0.15) is 10.4 Å². The molecule has 0 aliphatic heterocycles. The number of thioether (sulfide) groups is 1. The van der Waals surface area contributed by atoms with Crippen LogP contribution in [-0.2, 0) is 11.4 Å². The molecule has 0 aliphatic rings. The zero-order chi connectivity index (χ0) is 25.3. The SMILES string of the molecule is COc1cc(Br)cc(/C=N/NC(=O)CSc2cccc3ccccc23)c1OCc1ccccc1C#N. The maximum absolute atomic E-state index is 12.5. The number of hydrazone groups is 1. The van der Waals surface area contributed by atoms with Crippen molar-refractivity contribution in [2.45, 2.75) is 11.5 Å². The van der Waals surface area contributed by atoms with Gasteiger partial charge in [0.05, 0.1) is 30.7 Å². The number of nitrogens with zero attached hydrogens (tertiary/aromatic N) is 2. The molecule has 0 heterocycles. The summed E-state index contributed by atoms with van der Waals surface area (Å²) in [7, 11) is 1.55. The molecule has 1 amide bonds. The summed E-state index contributed by atoms with van der Waals surface area (Å²) < 4.78 is 12.3. The minimum absolute atomic E-state index is 0.177. The largest absolute Gasteiger partial charge is 0.493 e. The molecule has 4 aromatic rings. The minimum Gasteiger partial charge on any atom is -0.493 e. The van der Waals surface area contributed by atoms with Crippen molar-refractivity contribution in [3.05, 3.63) is 100 Å². The molecule has 0 atom stereocenters. The molecule has 0 unspecified atom stereocenters. The fourth-order valence-electron chi connectivity index (χ4n) is 3.57. The molecule has 4 rings (SSSR count). The second-order valence-electron chi connectivity index (χ2n) is 7.64. The van der Waals surface area contributed by atoms with Crippen LogP contribution in [-0.4, -0.2) is 25.0 Å². The van der Waals surface area contributed by atoms with Crippen molar-refractivity contribution in [2.75, 3.05) is 12.9 Å². The van der Waals surface area contributed by atoms with E-state index in [0.29, 0.717) is 22.6 Å². The van der Waals surface area contributed by atoms with Crippen LogP contribution in [0, 0.1) is 11.3 Å². The first kappa shape index (κ1) is 25.3. The number of amides is 1. The average Bonchev–Trinajstić information content (AvgIpc) is 2.91. The molecule has 36 heavy (non-hydrogen) atoms. The highest BCUT2D eigenvalue weighted by atomic mass is 79.9. The van der Waals surface area contributed by atoms with Crippen LogP contribution < -0.4 is 14.9 Å². The lowest BCUT2D eigenvalue weighted by Gasteiger charge is -2.14. The van der Waals surface area contributed by atoms with E-state index in [9.17, 15) is 10.1 Å². The fourth-order valence-corrected chi connectivity index (χ4v) is 4.89. The van der Waals surface area contributed by atoms with Crippen LogP contribution >= 0.6 is 27.7 Å². The van der Waals surface area contributed by atoms with Gasteiger partial charge in [-0.1, -0.05) is 70.5 Å². The Morgan fingerprint density at radius 1 is 1.11 bits per heavy atom. The zero-order valence-electron chi connectivity index (χ0n) is 19.4. The van der Waals surface area contributed by atoms with E-state index in [-0.39, 0.29) is 18.3 Å². The van der Waals surface area contributed by atoms with E-state index in [2.05, 4.69) is 44.7 Å². The first-order chi connectivity index (χ1) is 17.6. The number of methoxy groups -OCH3 is 1. The smallest absolute Gasteiger partial charge is 0.250 e. The van der Waals surface area contributed by atoms with Crippen molar-refractivity contribution in [2.24, 2.45) is 5.10 Å². The van der Waals surface area contributed by atoms with Gasteiger partial charge in [-0.25, -0.2) is 5.43 Å². The first-order valence-electron chi connectivity index (χ1n) is 11.0. The number of carbonyl (C=O) groups excluding carboxylic acids is 1. The van der Waals surface area contributed by atoms with Crippen LogP contribution in [0.4, 0.5) is 0 Å². The first-order valence-corrected chi connectivity index (χ1v) is 12.8. The number of ether oxygens (including phenoxy) is 2. The van der Waals surface area contributed by atoms with Gasteiger partial charge in [-0.05, 0) is 35.0 Å². The summed E-state index contributed by atoms with van der Waals surface area (Å²) in [4.78, 5) is 13.5. The number of nitrogens with one attached hydrogen (secondary N) is 1. The lowest BCUT2D eigenvalue weighted by Crippen LogP contribution is -2.19. The molecule has 0 aromatic heterocycles. The molecule has 0 fully saturated rings. The topological polar surface area (TPSA) is 83.7 Å². The van der Waals surface area contributed by atoms with Crippen molar-refractivity contribution in [1.29, 1.82) is 5.26 Å². The van der Waals surface area contributed by atoms with E-state index in [4.69, 9.17) is 9.47 Å². The Kier molecular flexibility index (Phi) is 8.61. The molecular weight excluding hydrogens is 538 g/mol. The van der Waals surface area contributed by atoms with Gasteiger partial charge < -0.3 is 9.47 Å². The van der Waals surface area contributed by atoms with Crippen molar-refractivity contribution < 1.29 is 14.3 Å². The molecule has 6 nitrogen and oxygen atoms in total. The zero-order valence-corrected chi connectivity index (χ0v) is 21.8. The standard InChI is InChI=1S/C28H22BrN3O3S/c1-34-25-14-23(29)13-22(28(25)35-17-21-9-3-2-8-20(21)15-30)16-31-32-27(33)18-36-26-12-6-10-19-7-4-5-11-24(19)26/h2-14,16H,17-18H2,1H3,(H,32,33)/b31-16+. The highest BCUT2D eigenvalue weighted by Crippen LogP contribution is 2.35. The lowest BCUT2D eigenvalue weighted by atomic mass is 10.1. The van der Waals surface area contributed by atoms with Crippen molar-refractivity contribution in [1.82, 2.24) is 5.43 Å². The van der Waals surface area contributed by atoms with Crippen LogP contribution in [0.1, 0.15) is 16.7 Å². The van der Waals surface area contributed by atoms with Gasteiger partial charge in [0, 0.05) is 20.5 Å². The monoisotopic (exact) mass is 559 g/mol. The summed E-state index contributed by atoms with van der Waals surface area (Å²) in [6, 6.07) is 27.1. The molecule has 1 N–H and O–H groups in total. The van der Waals surface area contributed by atoms with Crippen LogP contribution in [0.15, 0.2) is 93.3 Å². The predicted octanol–water partition coefficient (Wildman–Crippen LogP) is 6.30. The van der Waals surface area contributed by atoms with Crippen LogP contribution in [0.25, 0.3) is 10.8 Å². The molecule has 0 spiro atoms. The number of nitriles is 1. The third-order valence-corrected chi connectivity index (χ3v) is 6.81. The van der Waals surface area contributed by atoms with E-state index in [1.54, 1.807) is 19.2 Å². The molecule has 0 bridgehead atoms. The Balaban J connectivity index is 1.44. The normalized spacial score (nSPS) is 10.8. The Bertz CT molecular complexity index is 1460. The molecule has 4 aromatic carbocycles. The lowest BCUT2D eigenvalue weighted by molar-refractivity contribution is -0.118. The van der Waals surface area contributed by atoms with E-state index < -0.39 is 0 Å². The molecule has 0 saturated carbocycles. The van der Waals surface area contributed by atoms with Crippen LogP contribution in [0.5, 0.6) is 11.5 Å². The minimum atomic E-state index is -0.225. The molecule has 8 heteroatoms. The van der Waals surface area contributed by atoms with Gasteiger partial charge in [0.1, 0.15) is 6.61 Å². The maximum atomic E-state index is 12.5. The Morgan fingerprint density at radius 2 is 1.89 bits per heavy atom. The average molecular weight is 560 g/mol. The summed E-state index contributed by atoms with van der Waals surface area (Å²) in [5, 5.41) is 15.7. The van der Waals surface area contributed by atoms with Gasteiger partial charge in [-0.15, -0.1) is 11.8 Å². The predicted molar refractivity (Wildman–Crippen MR) is 147 cm³/mol. The highest BCUT2D eigenvalue weighted by molar-refractivity contribution is 9.10. The third kappa shape index (κ3) is 6.25. The van der Waals surface area contributed by atoms with Gasteiger partial charge >= 0.3 is 0 Å². The van der Waals surface area contributed by atoms with Crippen LogP contribution in [0.2, 0.25) is 0 Å². The van der Waals surface area contributed by atoms with Gasteiger partial charge in [0.25, 0.3) is 0 Å². The van der Waals surface area contributed by atoms with Gasteiger partial charge in [0.15, 0.2) is 11.5 Å². The van der Waals surface area contributed by atoms with Crippen LogP contribution in [0.3, 0.4) is 0 Å². The Morgan fingerprint density at radius 3 is 2.72 bits per heavy atom. The Labute approximate surface area is 222 Å². The number of hydrogen-bond donors (Lipinski definition) is 1. The molecule has 0 aliphatic carbocycles. The summed E-state index contributed by atoms with van der Waals surface area (Å²) in [6.07, 6.45) is 1.51. The molecule has 0 radical (unpaired) electrons. The second-order valence-corrected chi connectivity index (χ2v) is 9.58. The van der Waals surface area contributed by atoms with E-state index >= 15 is 0 Å². The molecular formula is C28H22BrN3O3S. The number of carbonyl (C=O) groups is 1. The fraction of sp³-hybridized carbons (Fsp3) is 0.107. The van der Waals surface area contributed by atoms with Gasteiger partial charge in [-0.3, -0.25) is 4.79 Å². The number of hydrogen-bond acceptors (Lipinski definition) is 6. The third-order valence-electron chi connectivity index (χ3n) is 5.28. The highest BCUT2D eigenvalue weighted by Gasteiger charge is 2.13. The van der Waals surface area contributed by atoms with Crippen molar-refractivity contribution in [3.8, 4) is 17.6 Å². The molecule has 180 valence electrons. The Hall–Kier alpha value is -3.80. The van der Waals surface area contributed by atoms with Crippen molar-refractivity contribution in [3.63, 3.8) is 0 Å². The van der Waals surface area contributed by atoms with E-state index in [0.717, 1.165) is 25.7 Å².